The SMILES string of the molecule is CN(CCCCc1c[nH]c2ccc(C#N)cc12)CCN(C)c1ncccn1. The van der Waals surface area contributed by atoms with Crippen LogP contribution >= 0.6 is 0 Å². The Bertz CT molecular complexity index is 896. The quantitative estimate of drug-likeness (QED) is 0.592. The van der Waals surface area contributed by atoms with E-state index in [1.54, 1.807) is 12.4 Å². The normalized spacial score (nSPS) is 11.0. The molecule has 1 N–H and O–H groups in total. The Morgan fingerprint density at radius 1 is 1.07 bits per heavy atom. The number of aromatic nitrogens is 3. The van der Waals surface area contributed by atoms with Gasteiger partial charge in [-0.15, -0.1) is 0 Å². The summed E-state index contributed by atoms with van der Waals surface area (Å²) >= 11 is 0. The number of hydrogen-bond donors (Lipinski definition) is 1. The highest BCUT2D eigenvalue weighted by Crippen LogP contribution is 2.21. The number of aryl methyl sites for hydroxylation is 1. The van der Waals surface area contributed by atoms with Gasteiger partial charge in [-0.2, -0.15) is 5.26 Å². The average molecular weight is 362 g/mol. The van der Waals surface area contributed by atoms with Crippen LogP contribution in [0.25, 0.3) is 10.9 Å². The van der Waals surface area contributed by atoms with Crippen LogP contribution in [0.15, 0.2) is 42.9 Å². The fraction of sp³-hybridized carbons (Fsp3) is 0.381. The fourth-order valence-corrected chi connectivity index (χ4v) is 3.17. The molecule has 27 heavy (non-hydrogen) atoms. The van der Waals surface area contributed by atoms with Crippen molar-refractivity contribution in [2.75, 3.05) is 38.6 Å². The van der Waals surface area contributed by atoms with E-state index in [0.717, 1.165) is 55.9 Å². The molecule has 0 saturated carbocycles. The average Bonchev–Trinajstić information content (AvgIpc) is 3.12. The van der Waals surface area contributed by atoms with Gasteiger partial charge in [0.15, 0.2) is 0 Å². The van der Waals surface area contributed by atoms with Gasteiger partial charge in [-0.05, 0) is 62.7 Å². The lowest BCUT2D eigenvalue weighted by atomic mass is 10.1. The third-order valence-electron chi connectivity index (χ3n) is 4.84. The molecule has 0 radical (unpaired) electrons. The monoisotopic (exact) mass is 362 g/mol. The van der Waals surface area contributed by atoms with Crippen LogP contribution in [0.2, 0.25) is 0 Å². The van der Waals surface area contributed by atoms with Crippen LogP contribution in [0.5, 0.6) is 0 Å². The summed E-state index contributed by atoms with van der Waals surface area (Å²) in [6, 6.07) is 9.87. The van der Waals surface area contributed by atoms with Crippen LogP contribution in [-0.2, 0) is 6.42 Å². The molecular weight excluding hydrogens is 336 g/mol. The van der Waals surface area contributed by atoms with Gasteiger partial charge in [0, 0.05) is 49.6 Å². The molecule has 0 spiro atoms. The molecule has 6 nitrogen and oxygen atoms in total. The maximum atomic E-state index is 9.09. The second-order valence-electron chi connectivity index (χ2n) is 6.92. The van der Waals surface area contributed by atoms with Gasteiger partial charge in [0.2, 0.25) is 5.95 Å². The van der Waals surface area contributed by atoms with Crippen molar-refractivity contribution in [3.05, 3.63) is 54.0 Å². The summed E-state index contributed by atoms with van der Waals surface area (Å²) < 4.78 is 0. The van der Waals surface area contributed by atoms with E-state index in [9.17, 15) is 0 Å². The van der Waals surface area contributed by atoms with Gasteiger partial charge in [0.25, 0.3) is 0 Å². The first-order valence-electron chi connectivity index (χ1n) is 9.34. The number of aromatic amines is 1. The zero-order chi connectivity index (χ0) is 19.1. The fourth-order valence-electron chi connectivity index (χ4n) is 3.17. The van der Waals surface area contributed by atoms with Gasteiger partial charge in [-0.3, -0.25) is 0 Å². The molecule has 0 aliphatic heterocycles. The van der Waals surface area contributed by atoms with Gasteiger partial charge in [0.1, 0.15) is 0 Å². The Morgan fingerprint density at radius 3 is 2.67 bits per heavy atom. The molecule has 0 unspecified atom stereocenters. The first kappa shape index (κ1) is 18.9. The van der Waals surface area contributed by atoms with E-state index < -0.39 is 0 Å². The summed E-state index contributed by atoms with van der Waals surface area (Å²) in [5.74, 6) is 0.766. The number of nitrogens with zero attached hydrogens (tertiary/aromatic N) is 5. The highest BCUT2D eigenvalue weighted by atomic mass is 15.2. The lowest BCUT2D eigenvalue weighted by Crippen LogP contribution is -2.32. The largest absolute Gasteiger partial charge is 0.361 e. The third-order valence-corrected chi connectivity index (χ3v) is 4.84. The van der Waals surface area contributed by atoms with Crippen molar-refractivity contribution in [1.29, 1.82) is 5.26 Å². The molecule has 140 valence electrons. The number of fused-ring (bicyclic) bond motifs is 1. The van der Waals surface area contributed by atoms with E-state index in [-0.39, 0.29) is 0 Å². The first-order valence-corrected chi connectivity index (χ1v) is 9.34. The van der Waals surface area contributed by atoms with Gasteiger partial charge >= 0.3 is 0 Å². The van der Waals surface area contributed by atoms with Crippen LogP contribution in [0.4, 0.5) is 5.95 Å². The second-order valence-corrected chi connectivity index (χ2v) is 6.92. The molecule has 2 heterocycles. The Balaban J connectivity index is 1.40. The molecule has 3 aromatic rings. The van der Waals surface area contributed by atoms with Crippen LogP contribution in [0.3, 0.4) is 0 Å². The number of nitrogens with one attached hydrogen (secondary N) is 1. The predicted molar refractivity (Wildman–Crippen MR) is 109 cm³/mol. The zero-order valence-corrected chi connectivity index (χ0v) is 16.0. The Labute approximate surface area is 160 Å². The topological polar surface area (TPSA) is 71.8 Å². The van der Waals surface area contributed by atoms with E-state index in [4.69, 9.17) is 5.26 Å². The zero-order valence-electron chi connectivity index (χ0n) is 16.0. The van der Waals surface area contributed by atoms with E-state index in [2.05, 4.69) is 44.1 Å². The van der Waals surface area contributed by atoms with E-state index in [0.29, 0.717) is 0 Å². The molecule has 0 aliphatic carbocycles. The van der Waals surface area contributed by atoms with Crippen molar-refractivity contribution in [2.24, 2.45) is 0 Å². The molecule has 1 aromatic carbocycles. The second kappa shape index (κ2) is 9.15. The van der Waals surface area contributed by atoms with Crippen molar-refractivity contribution in [1.82, 2.24) is 19.9 Å². The minimum Gasteiger partial charge on any atom is -0.361 e. The lowest BCUT2D eigenvalue weighted by Gasteiger charge is -2.21. The molecule has 0 bridgehead atoms. The summed E-state index contributed by atoms with van der Waals surface area (Å²) in [5.41, 5.74) is 3.12. The molecule has 0 fully saturated rings. The summed E-state index contributed by atoms with van der Waals surface area (Å²) in [6.45, 7) is 2.95. The summed E-state index contributed by atoms with van der Waals surface area (Å²) in [7, 11) is 4.18. The number of anilines is 1. The minimum atomic E-state index is 0.717. The summed E-state index contributed by atoms with van der Waals surface area (Å²) in [4.78, 5) is 16.3. The smallest absolute Gasteiger partial charge is 0.225 e. The number of rotatable bonds is 9. The van der Waals surface area contributed by atoms with Gasteiger partial charge < -0.3 is 14.8 Å². The number of nitriles is 1. The van der Waals surface area contributed by atoms with Gasteiger partial charge in [-0.1, -0.05) is 0 Å². The predicted octanol–water partition coefficient (Wildman–Crippen LogP) is 3.22. The van der Waals surface area contributed by atoms with Crippen molar-refractivity contribution in [3.63, 3.8) is 0 Å². The van der Waals surface area contributed by atoms with Crippen LogP contribution in [0.1, 0.15) is 24.0 Å². The number of benzene rings is 1. The van der Waals surface area contributed by atoms with Crippen LogP contribution in [-0.4, -0.2) is 53.6 Å². The molecule has 2 aromatic heterocycles. The van der Waals surface area contributed by atoms with E-state index in [1.165, 1.54) is 10.9 Å². The molecule has 6 heteroatoms. The Morgan fingerprint density at radius 2 is 1.89 bits per heavy atom. The minimum absolute atomic E-state index is 0.717. The molecule has 0 saturated heterocycles. The van der Waals surface area contributed by atoms with Crippen molar-refractivity contribution in [3.8, 4) is 6.07 Å². The highest BCUT2D eigenvalue weighted by Gasteiger charge is 2.07. The van der Waals surface area contributed by atoms with E-state index in [1.807, 2.05) is 31.3 Å². The number of unbranched alkanes of at least 4 members (excludes halogenated alkanes) is 1. The molecule has 0 atom stereocenters. The summed E-state index contributed by atoms with van der Waals surface area (Å²) in [6.07, 6.45) is 8.92. The third kappa shape index (κ3) is 5.05. The molecule has 3 rings (SSSR count). The van der Waals surface area contributed by atoms with Crippen LogP contribution < -0.4 is 4.90 Å². The lowest BCUT2D eigenvalue weighted by molar-refractivity contribution is 0.332. The maximum absolute atomic E-state index is 9.09. The van der Waals surface area contributed by atoms with Crippen LogP contribution in [0, 0.1) is 11.3 Å². The van der Waals surface area contributed by atoms with Crippen molar-refractivity contribution in [2.45, 2.75) is 19.3 Å². The number of likely N-dealkylation sites (N-methyl/N-ethyl adjacent to an activating group) is 2. The van der Waals surface area contributed by atoms with E-state index >= 15 is 0 Å². The summed E-state index contributed by atoms with van der Waals surface area (Å²) in [5, 5.41) is 10.3. The van der Waals surface area contributed by atoms with Gasteiger partial charge in [0.05, 0.1) is 11.6 Å². The number of H-pyrrole nitrogens is 1. The van der Waals surface area contributed by atoms with Gasteiger partial charge in [-0.25, -0.2) is 9.97 Å². The maximum Gasteiger partial charge on any atom is 0.225 e. The molecule has 0 amide bonds. The Kier molecular flexibility index (Phi) is 6.39. The molecule has 0 aliphatic rings. The van der Waals surface area contributed by atoms with Crippen molar-refractivity contribution < 1.29 is 0 Å². The Hall–Kier alpha value is -2.91. The number of hydrogen-bond acceptors (Lipinski definition) is 5. The standard InChI is InChI=1S/C21H26N6/c1-26(12-13-27(2)21-23-9-5-10-24-21)11-4-3-6-18-16-25-20-8-7-17(15-22)14-19(18)20/h5,7-10,14,16,25H,3-4,6,11-13H2,1-2H3. The highest BCUT2D eigenvalue weighted by molar-refractivity contribution is 5.84. The van der Waals surface area contributed by atoms with Crippen molar-refractivity contribution >= 4 is 16.9 Å². The molecular formula is C21H26N6. The first-order chi connectivity index (χ1) is 13.2.